The van der Waals surface area contributed by atoms with Crippen molar-refractivity contribution in [3.63, 3.8) is 0 Å². The van der Waals surface area contributed by atoms with Crippen LogP contribution in [0, 0.1) is 0 Å². The molecule has 11 heavy (non-hydrogen) atoms. The number of hydrogen-bond acceptors (Lipinski definition) is 5. The average Bonchev–Trinajstić information content (AvgIpc) is 1.87. The van der Waals surface area contributed by atoms with Crippen LogP contribution in [0.5, 0.6) is 0 Å². The summed E-state index contributed by atoms with van der Waals surface area (Å²) >= 11 is 0. The van der Waals surface area contributed by atoms with Crippen LogP contribution in [0.2, 0.25) is 0 Å². The highest BCUT2D eigenvalue weighted by Gasteiger charge is 2.15. The average molecular weight is 163 g/mol. The predicted molar refractivity (Wildman–Crippen MR) is 38.2 cm³/mol. The van der Waals surface area contributed by atoms with E-state index < -0.39 is 18.2 Å². The van der Waals surface area contributed by atoms with Crippen molar-refractivity contribution < 1.29 is 15.0 Å². The minimum Gasteiger partial charge on any atom is -0.480 e. The van der Waals surface area contributed by atoms with Crippen LogP contribution in [0.3, 0.4) is 0 Å². The number of hydrogen-bond donors (Lipinski definition) is 5. The number of aliphatic carboxylic acids is 1. The zero-order chi connectivity index (χ0) is 8.85. The lowest BCUT2D eigenvalue weighted by atomic mass is 10.1. The highest BCUT2D eigenvalue weighted by Crippen LogP contribution is 1.97. The summed E-state index contributed by atoms with van der Waals surface area (Å²) in [7, 11) is 0. The molecule has 0 aliphatic rings. The molecule has 0 aromatic heterocycles. The Labute approximate surface area is 64.1 Å². The number of carboxylic acid groups (broad SMARTS) is 1. The normalized spacial score (nSPS) is 15.9. The third-order valence-corrected chi connectivity index (χ3v) is 1.25. The topological polar surface area (TPSA) is 122 Å². The molecule has 6 nitrogen and oxygen atoms in total. The fraction of sp³-hybridized carbons (Fsp3) is 0.800. The van der Waals surface area contributed by atoms with Gasteiger partial charge >= 0.3 is 5.97 Å². The van der Waals surface area contributed by atoms with Gasteiger partial charge in [0.1, 0.15) is 12.3 Å². The second-order valence-electron chi connectivity index (χ2n) is 2.20. The number of carboxylic acids is 1. The van der Waals surface area contributed by atoms with Crippen LogP contribution in [-0.4, -0.2) is 28.5 Å². The molecule has 2 unspecified atom stereocenters. The van der Waals surface area contributed by atoms with Crippen LogP contribution in [-0.2, 0) is 4.79 Å². The van der Waals surface area contributed by atoms with Gasteiger partial charge in [-0.2, -0.15) is 0 Å². The van der Waals surface area contributed by atoms with E-state index >= 15 is 0 Å². The van der Waals surface area contributed by atoms with Gasteiger partial charge in [-0.05, 0) is 12.8 Å². The molecule has 0 aromatic rings. The third-order valence-electron chi connectivity index (χ3n) is 1.25. The van der Waals surface area contributed by atoms with E-state index in [0.717, 1.165) is 0 Å². The molecule has 2 atom stereocenters. The van der Waals surface area contributed by atoms with Gasteiger partial charge in [0.2, 0.25) is 0 Å². The number of aliphatic hydroxyl groups excluding tert-OH is 1. The van der Waals surface area contributed by atoms with Crippen molar-refractivity contribution in [2.24, 2.45) is 11.6 Å². The van der Waals surface area contributed by atoms with Gasteiger partial charge in [-0.15, -0.1) is 0 Å². The number of rotatable bonds is 5. The second-order valence-corrected chi connectivity index (χ2v) is 2.20. The second kappa shape index (κ2) is 5.03. The largest absolute Gasteiger partial charge is 0.480 e. The summed E-state index contributed by atoms with van der Waals surface area (Å²) < 4.78 is 0. The van der Waals surface area contributed by atoms with E-state index in [9.17, 15) is 4.79 Å². The van der Waals surface area contributed by atoms with Crippen LogP contribution in [0.4, 0.5) is 0 Å². The number of nitrogens with two attached hydrogens (primary N) is 2. The molecule has 0 radical (unpaired) electrons. The standard InChI is InChI=1S/C5H13N3O3/c6-4(9)2-1-3(8-7)5(10)11/h3-4,8-9H,1-2,6-7H2,(H,10,11). The Bertz CT molecular complexity index is 128. The van der Waals surface area contributed by atoms with Gasteiger partial charge in [-0.1, -0.05) is 0 Å². The van der Waals surface area contributed by atoms with Crippen LogP contribution in [0.1, 0.15) is 12.8 Å². The van der Waals surface area contributed by atoms with E-state index in [1.807, 2.05) is 0 Å². The molecule has 0 aromatic carbocycles. The first-order valence-electron chi connectivity index (χ1n) is 3.20. The molecule has 0 aliphatic carbocycles. The lowest BCUT2D eigenvalue weighted by Gasteiger charge is -2.11. The highest BCUT2D eigenvalue weighted by molar-refractivity contribution is 5.73. The van der Waals surface area contributed by atoms with Gasteiger partial charge in [0, 0.05) is 0 Å². The van der Waals surface area contributed by atoms with E-state index in [4.69, 9.17) is 21.8 Å². The van der Waals surface area contributed by atoms with Gasteiger partial charge in [0.05, 0.1) is 0 Å². The molecule has 0 rings (SSSR count). The van der Waals surface area contributed by atoms with E-state index in [0.29, 0.717) is 0 Å². The Kier molecular flexibility index (Phi) is 4.71. The van der Waals surface area contributed by atoms with Crippen LogP contribution in [0.25, 0.3) is 0 Å². The molecule has 0 bridgehead atoms. The van der Waals surface area contributed by atoms with Gasteiger partial charge < -0.3 is 15.9 Å². The van der Waals surface area contributed by atoms with Gasteiger partial charge in [0.25, 0.3) is 0 Å². The minimum absolute atomic E-state index is 0.209. The van der Waals surface area contributed by atoms with Gasteiger partial charge in [0.15, 0.2) is 0 Å². The van der Waals surface area contributed by atoms with E-state index in [1.54, 1.807) is 0 Å². The summed E-state index contributed by atoms with van der Waals surface area (Å²) in [5.41, 5.74) is 7.08. The molecule has 0 fully saturated rings. The van der Waals surface area contributed by atoms with E-state index in [-0.39, 0.29) is 12.8 Å². The lowest BCUT2D eigenvalue weighted by Crippen LogP contribution is -2.42. The smallest absolute Gasteiger partial charge is 0.322 e. The SMILES string of the molecule is NNC(CCC(N)O)C(=O)O. The van der Waals surface area contributed by atoms with E-state index in [1.165, 1.54) is 0 Å². The Morgan fingerprint density at radius 2 is 2.09 bits per heavy atom. The first kappa shape index (κ1) is 10.3. The van der Waals surface area contributed by atoms with Crippen molar-refractivity contribution in [1.82, 2.24) is 5.43 Å². The lowest BCUT2D eigenvalue weighted by molar-refractivity contribution is -0.139. The summed E-state index contributed by atoms with van der Waals surface area (Å²) in [4.78, 5) is 10.3. The molecule has 0 saturated carbocycles. The molecule has 0 aliphatic heterocycles. The summed E-state index contributed by atoms with van der Waals surface area (Å²) in [5, 5.41) is 17.0. The molecule has 0 amide bonds. The van der Waals surface area contributed by atoms with Gasteiger partial charge in [-0.3, -0.25) is 10.6 Å². The minimum atomic E-state index is -1.05. The van der Waals surface area contributed by atoms with Crippen molar-refractivity contribution in [1.29, 1.82) is 0 Å². The monoisotopic (exact) mass is 163 g/mol. The molecule has 0 saturated heterocycles. The maximum absolute atomic E-state index is 10.3. The van der Waals surface area contributed by atoms with Crippen LogP contribution in [0.15, 0.2) is 0 Å². The molecule has 0 heterocycles. The highest BCUT2D eigenvalue weighted by atomic mass is 16.4. The molecule has 66 valence electrons. The molecule has 6 heteroatoms. The summed E-state index contributed by atoms with van der Waals surface area (Å²) in [5.74, 6) is 3.86. The van der Waals surface area contributed by atoms with Crippen molar-refractivity contribution >= 4 is 5.97 Å². The fourth-order valence-corrected chi connectivity index (χ4v) is 0.616. The number of aliphatic hydroxyl groups is 1. The molecule has 0 spiro atoms. The van der Waals surface area contributed by atoms with Crippen molar-refractivity contribution in [2.45, 2.75) is 25.1 Å². The van der Waals surface area contributed by atoms with Crippen LogP contribution < -0.4 is 17.0 Å². The van der Waals surface area contributed by atoms with Crippen molar-refractivity contribution in [2.75, 3.05) is 0 Å². The molecular formula is C5H13N3O3. The first-order chi connectivity index (χ1) is 5.07. The van der Waals surface area contributed by atoms with Crippen molar-refractivity contribution in [3.8, 4) is 0 Å². The van der Waals surface area contributed by atoms with Crippen molar-refractivity contribution in [3.05, 3.63) is 0 Å². The van der Waals surface area contributed by atoms with Crippen LogP contribution >= 0.6 is 0 Å². The zero-order valence-electron chi connectivity index (χ0n) is 6.03. The quantitative estimate of drug-likeness (QED) is 0.181. The number of hydrazine groups is 1. The Morgan fingerprint density at radius 3 is 2.36 bits per heavy atom. The Hall–Kier alpha value is -0.690. The Balaban J connectivity index is 3.61. The molecule has 7 N–H and O–H groups in total. The maximum Gasteiger partial charge on any atom is 0.322 e. The first-order valence-corrected chi connectivity index (χ1v) is 3.20. The number of nitrogens with one attached hydrogen (secondary N) is 1. The van der Waals surface area contributed by atoms with Gasteiger partial charge in [-0.25, -0.2) is 5.43 Å². The number of carbonyl (C=O) groups is 1. The predicted octanol–water partition coefficient (Wildman–Crippen LogP) is -2.04. The fourth-order valence-electron chi connectivity index (χ4n) is 0.616. The maximum atomic E-state index is 10.3. The molecular weight excluding hydrogens is 150 g/mol. The summed E-state index contributed by atoms with van der Waals surface area (Å²) in [6.07, 6.45) is -0.560. The Morgan fingerprint density at radius 1 is 1.55 bits per heavy atom. The third kappa shape index (κ3) is 4.68. The summed E-state index contributed by atoms with van der Waals surface area (Å²) in [6, 6.07) is -0.840. The van der Waals surface area contributed by atoms with E-state index in [2.05, 4.69) is 5.43 Å². The zero-order valence-corrected chi connectivity index (χ0v) is 6.03. The summed E-state index contributed by atoms with van der Waals surface area (Å²) in [6.45, 7) is 0.